The summed E-state index contributed by atoms with van der Waals surface area (Å²) in [5, 5.41) is 17.9. The van der Waals surface area contributed by atoms with Crippen molar-refractivity contribution < 1.29 is 14.6 Å². The smallest absolute Gasteiger partial charge is 0.273 e. The Bertz CT molecular complexity index is 656. The lowest BCUT2D eigenvalue weighted by molar-refractivity contribution is -0.384. The molecule has 0 aliphatic heterocycles. The summed E-state index contributed by atoms with van der Waals surface area (Å²) in [6.45, 7) is 0. The predicted molar refractivity (Wildman–Crippen MR) is 70.1 cm³/mol. The molecule has 0 unspecified atom stereocenters. The van der Waals surface area contributed by atoms with Gasteiger partial charge < -0.3 is 4.84 Å². The van der Waals surface area contributed by atoms with Crippen LogP contribution in [0, 0.1) is 10.1 Å². The SMILES string of the molecule is O=Cc1ccc([N+](=O)[O-])cc1ON=Nc1ccccc1. The van der Waals surface area contributed by atoms with Gasteiger partial charge in [-0.2, -0.15) is 0 Å². The lowest BCUT2D eigenvalue weighted by atomic mass is 10.2. The van der Waals surface area contributed by atoms with E-state index in [-0.39, 0.29) is 17.0 Å². The molecule has 0 heterocycles. The molecule has 2 aromatic rings. The Hall–Kier alpha value is -3.09. The topological polar surface area (TPSA) is 94.2 Å². The molecular weight excluding hydrogens is 262 g/mol. The van der Waals surface area contributed by atoms with Gasteiger partial charge >= 0.3 is 0 Å². The molecule has 7 heteroatoms. The maximum absolute atomic E-state index is 10.8. The van der Waals surface area contributed by atoms with E-state index in [1.165, 1.54) is 12.1 Å². The molecule has 2 rings (SSSR count). The molecule has 7 nitrogen and oxygen atoms in total. The second-order valence-corrected chi connectivity index (χ2v) is 3.71. The minimum absolute atomic E-state index is 0.0196. The van der Waals surface area contributed by atoms with Crippen molar-refractivity contribution in [3.05, 3.63) is 64.2 Å². The first-order valence-corrected chi connectivity index (χ1v) is 5.57. The van der Waals surface area contributed by atoms with Crippen LogP contribution in [0.5, 0.6) is 5.75 Å². The Morgan fingerprint density at radius 2 is 1.90 bits per heavy atom. The molecule has 2 aromatic carbocycles. The summed E-state index contributed by atoms with van der Waals surface area (Å²) < 4.78 is 0. The average molecular weight is 271 g/mol. The van der Waals surface area contributed by atoms with Gasteiger partial charge in [-0.05, 0) is 18.2 Å². The van der Waals surface area contributed by atoms with Gasteiger partial charge in [0.05, 0.1) is 22.2 Å². The van der Waals surface area contributed by atoms with Crippen molar-refractivity contribution in [1.29, 1.82) is 0 Å². The molecule has 0 aliphatic rings. The maximum Gasteiger partial charge on any atom is 0.273 e. The first-order chi connectivity index (χ1) is 9.70. The highest BCUT2D eigenvalue weighted by atomic mass is 16.6. The van der Waals surface area contributed by atoms with Gasteiger partial charge in [0.15, 0.2) is 12.0 Å². The summed E-state index contributed by atoms with van der Waals surface area (Å²) in [5.74, 6) is -0.0196. The molecule has 0 radical (unpaired) electrons. The van der Waals surface area contributed by atoms with Gasteiger partial charge in [0.25, 0.3) is 5.69 Å². The number of hydrogen-bond donors (Lipinski definition) is 0. The van der Waals surface area contributed by atoms with Crippen molar-refractivity contribution in [1.82, 2.24) is 0 Å². The molecule has 0 amide bonds. The van der Waals surface area contributed by atoms with E-state index >= 15 is 0 Å². The van der Waals surface area contributed by atoms with E-state index in [1.807, 2.05) is 6.07 Å². The van der Waals surface area contributed by atoms with Crippen LogP contribution in [-0.2, 0) is 0 Å². The highest BCUT2D eigenvalue weighted by Gasteiger charge is 2.11. The van der Waals surface area contributed by atoms with Crippen molar-refractivity contribution in [2.45, 2.75) is 0 Å². The summed E-state index contributed by atoms with van der Waals surface area (Å²) in [5.41, 5.74) is 0.522. The molecular formula is C13H9N3O4. The number of nitrogens with zero attached hydrogens (tertiary/aromatic N) is 3. The van der Waals surface area contributed by atoms with Crippen molar-refractivity contribution >= 4 is 17.7 Å². The van der Waals surface area contributed by atoms with Crippen LogP contribution in [0.3, 0.4) is 0 Å². The number of aldehydes is 1. The first-order valence-electron chi connectivity index (χ1n) is 5.57. The maximum atomic E-state index is 10.8. The molecule has 0 bridgehead atoms. The Morgan fingerprint density at radius 1 is 1.15 bits per heavy atom. The molecule has 0 saturated carbocycles. The van der Waals surface area contributed by atoms with E-state index in [1.54, 1.807) is 24.3 Å². The number of nitro benzene ring substituents is 1. The highest BCUT2D eigenvalue weighted by Crippen LogP contribution is 2.24. The Balaban J connectivity index is 2.19. The van der Waals surface area contributed by atoms with Gasteiger partial charge in [0, 0.05) is 11.3 Å². The van der Waals surface area contributed by atoms with Gasteiger partial charge in [0.1, 0.15) is 0 Å². The molecule has 20 heavy (non-hydrogen) atoms. The molecule has 0 aliphatic carbocycles. The van der Waals surface area contributed by atoms with Gasteiger partial charge in [-0.15, -0.1) is 5.11 Å². The van der Waals surface area contributed by atoms with Crippen LogP contribution >= 0.6 is 0 Å². The van der Waals surface area contributed by atoms with Gasteiger partial charge in [-0.1, -0.05) is 18.2 Å². The van der Waals surface area contributed by atoms with Crippen molar-refractivity contribution in [2.24, 2.45) is 10.4 Å². The van der Waals surface area contributed by atoms with Gasteiger partial charge in [0.2, 0.25) is 0 Å². The molecule has 100 valence electrons. The van der Waals surface area contributed by atoms with E-state index in [0.717, 1.165) is 6.07 Å². The Labute approximate surface area is 113 Å². The van der Waals surface area contributed by atoms with Crippen molar-refractivity contribution in [3.8, 4) is 5.75 Å². The molecule has 0 atom stereocenters. The summed E-state index contributed by atoms with van der Waals surface area (Å²) in [6, 6.07) is 12.4. The molecule has 0 fully saturated rings. The molecule has 0 saturated heterocycles. The highest BCUT2D eigenvalue weighted by molar-refractivity contribution is 5.80. The van der Waals surface area contributed by atoms with Crippen LogP contribution in [-0.4, -0.2) is 11.2 Å². The fraction of sp³-hybridized carbons (Fsp3) is 0. The quantitative estimate of drug-likeness (QED) is 0.360. The minimum Gasteiger partial charge on any atom is -0.338 e. The number of non-ortho nitro benzene ring substituents is 1. The number of benzene rings is 2. The predicted octanol–water partition coefficient (Wildman–Crippen LogP) is 3.49. The zero-order valence-corrected chi connectivity index (χ0v) is 10.2. The number of carbonyl (C=O) groups excluding carboxylic acids is 1. The van der Waals surface area contributed by atoms with E-state index < -0.39 is 4.92 Å². The fourth-order valence-corrected chi connectivity index (χ4v) is 1.42. The molecule has 0 N–H and O–H groups in total. The van der Waals surface area contributed by atoms with Crippen LogP contribution in [0.25, 0.3) is 0 Å². The lowest BCUT2D eigenvalue weighted by Crippen LogP contribution is -1.93. The zero-order chi connectivity index (χ0) is 14.4. The van der Waals surface area contributed by atoms with E-state index in [4.69, 9.17) is 4.84 Å². The van der Waals surface area contributed by atoms with Crippen LogP contribution < -0.4 is 4.84 Å². The van der Waals surface area contributed by atoms with Gasteiger partial charge in [-0.25, -0.2) is 0 Å². The van der Waals surface area contributed by atoms with Gasteiger partial charge in [-0.3, -0.25) is 14.9 Å². The number of hydrogen-bond acceptors (Lipinski definition) is 6. The molecule has 0 aromatic heterocycles. The Kier molecular flexibility index (Phi) is 4.13. The van der Waals surface area contributed by atoms with Crippen LogP contribution in [0.2, 0.25) is 0 Å². The van der Waals surface area contributed by atoms with Crippen LogP contribution in [0.1, 0.15) is 10.4 Å². The van der Waals surface area contributed by atoms with E-state index in [2.05, 4.69) is 10.4 Å². The van der Waals surface area contributed by atoms with Crippen molar-refractivity contribution in [2.75, 3.05) is 0 Å². The standard InChI is InChI=1S/C13H9N3O4/c17-9-10-6-7-12(16(18)19)8-13(10)20-15-14-11-4-2-1-3-5-11/h1-9H. The lowest BCUT2D eigenvalue weighted by Gasteiger charge is -2.00. The third kappa shape index (κ3) is 3.22. The summed E-state index contributed by atoms with van der Waals surface area (Å²) in [7, 11) is 0. The van der Waals surface area contributed by atoms with E-state index in [9.17, 15) is 14.9 Å². The fourth-order valence-electron chi connectivity index (χ4n) is 1.42. The second-order valence-electron chi connectivity index (χ2n) is 3.71. The third-order valence-electron chi connectivity index (χ3n) is 2.39. The third-order valence-corrected chi connectivity index (χ3v) is 2.39. The second kappa shape index (κ2) is 6.19. The number of carbonyl (C=O) groups is 1. The van der Waals surface area contributed by atoms with Crippen LogP contribution in [0.4, 0.5) is 11.4 Å². The average Bonchev–Trinajstić information content (AvgIpc) is 2.48. The molecule has 0 spiro atoms. The van der Waals surface area contributed by atoms with E-state index in [0.29, 0.717) is 12.0 Å². The summed E-state index contributed by atoms with van der Waals surface area (Å²) >= 11 is 0. The largest absolute Gasteiger partial charge is 0.338 e. The first kappa shape index (κ1) is 13.3. The zero-order valence-electron chi connectivity index (χ0n) is 10.2. The number of nitro groups is 1. The number of rotatable bonds is 5. The Morgan fingerprint density at radius 3 is 2.55 bits per heavy atom. The monoisotopic (exact) mass is 271 g/mol. The summed E-state index contributed by atoms with van der Waals surface area (Å²) in [4.78, 5) is 25.8. The van der Waals surface area contributed by atoms with Crippen molar-refractivity contribution in [3.63, 3.8) is 0 Å². The van der Waals surface area contributed by atoms with Crippen LogP contribution in [0.15, 0.2) is 58.9 Å². The minimum atomic E-state index is -0.588. The summed E-state index contributed by atoms with van der Waals surface area (Å²) in [6.07, 6.45) is 0.525. The normalized spacial score (nSPS) is 10.4.